The van der Waals surface area contributed by atoms with Gasteiger partial charge in [-0.3, -0.25) is 4.99 Å². The van der Waals surface area contributed by atoms with Gasteiger partial charge in [0.2, 0.25) is 0 Å². The molecule has 1 aromatic carbocycles. The number of aliphatic imine (C=N–C) groups is 1. The predicted octanol–water partition coefficient (Wildman–Crippen LogP) is 3.45. The summed E-state index contributed by atoms with van der Waals surface area (Å²) in [6.45, 7) is 3.56. The zero-order valence-corrected chi connectivity index (χ0v) is 17.3. The van der Waals surface area contributed by atoms with Crippen molar-refractivity contribution in [3.63, 3.8) is 0 Å². The van der Waals surface area contributed by atoms with Crippen LogP contribution in [0.4, 0.5) is 0 Å². The second-order valence-corrected chi connectivity index (χ2v) is 7.37. The van der Waals surface area contributed by atoms with Gasteiger partial charge in [-0.25, -0.2) is 0 Å². The smallest absolute Gasteiger partial charge is 0.191 e. The van der Waals surface area contributed by atoms with Crippen LogP contribution in [0.2, 0.25) is 0 Å². The molecule has 2 aliphatic rings. The standard InChI is InChI=1S/C18H27N3OS.HI/c19-18(21-10-13-23-14-11-21)20-9-4-12-22-17-8-3-6-15-5-1-2-7-16(15)17;/h1-2,5,7,17H,3-4,6,8-14H2,(H2,19,20);1H. The van der Waals surface area contributed by atoms with E-state index in [1.54, 1.807) is 0 Å². The van der Waals surface area contributed by atoms with Crippen molar-refractivity contribution in [2.75, 3.05) is 37.7 Å². The topological polar surface area (TPSA) is 50.9 Å². The highest BCUT2D eigenvalue weighted by atomic mass is 127. The molecule has 6 heteroatoms. The van der Waals surface area contributed by atoms with Gasteiger partial charge in [0, 0.05) is 37.7 Å². The second-order valence-electron chi connectivity index (χ2n) is 6.14. The second kappa shape index (κ2) is 10.5. The molecule has 24 heavy (non-hydrogen) atoms. The number of ether oxygens (including phenoxy) is 1. The molecule has 1 saturated heterocycles. The molecule has 0 aromatic heterocycles. The van der Waals surface area contributed by atoms with Crippen molar-refractivity contribution in [3.05, 3.63) is 35.4 Å². The van der Waals surface area contributed by atoms with Crippen LogP contribution in [-0.2, 0) is 11.2 Å². The Kier molecular flexibility index (Phi) is 8.69. The molecule has 4 nitrogen and oxygen atoms in total. The van der Waals surface area contributed by atoms with Gasteiger partial charge < -0.3 is 15.4 Å². The predicted molar refractivity (Wildman–Crippen MR) is 113 cm³/mol. The van der Waals surface area contributed by atoms with Gasteiger partial charge in [0.05, 0.1) is 6.10 Å². The van der Waals surface area contributed by atoms with Gasteiger partial charge in [0.25, 0.3) is 0 Å². The van der Waals surface area contributed by atoms with E-state index in [1.807, 2.05) is 11.8 Å². The van der Waals surface area contributed by atoms with Crippen molar-refractivity contribution >= 4 is 41.7 Å². The van der Waals surface area contributed by atoms with Gasteiger partial charge in [-0.2, -0.15) is 11.8 Å². The van der Waals surface area contributed by atoms with Gasteiger partial charge in [-0.05, 0) is 36.8 Å². The van der Waals surface area contributed by atoms with Crippen molar-refractivity contribution in [2.24, 2.45) is 10.7 Å². The number of aryl methyl sites for hydroxylation is 1. The Labute approximate surface area is 166 Å². The summed E-state index contributed by atoms with van der Waals surface area (Å²) in [5.74, 6) is 3.01. The van der Waals surface area contributed by atoms with Crippen molar-refractivity contribution in [2.45, 2.75) is 31.8 Å². The summed E-state index contributed by atoms with van der Waals surface area (Å²) in [4.78, 5) is 6.70. The molecule has 1 atom stereocenters. The molecule has 0 radical (unpaired) electrons. The molecule has 0 amide bonds. The Morgan fingerprint density at radius 1 is 1.29 bits per heavy atom. The number of fused-ring (bicyclic) bond motifs is 1. The normalized spacial score (nSPS) is 21.1. The highest BCUT2D eigenvalue weighted by molar-refractivity contribution is 14.0. The summed E-state index contributed by atoms with van der Waals surface area (Å²) >= 11 is 1.99. The third-order valence-corrected chi connectivity index (χ3v) is 5.49. The van der Waals surface area contributed by atoms with E-state index in [1.165, 1.54) is 24.0 Å². The third kappa shape index (κ3) is 5.52. The number of hydrogen-bond acceptors (Lipinski definition) is 3. The highest BCUT2D eigenvalue weighted by Gasteiger charge is 2.19. The van der Waals surface area contributed by atoms with E-state index in [0.29, 0.717) is 5.96 Å². The lowest BCUT2D eigenvalue weighted by Gasteiger charge is -2.27. The van der Waals surface area contributed by atoms with Gasteiger partial charge in [-0.1, -0.05) is 24.3 Å². The molecule has 1 fully saturated rings. The summed E-state index contributed by atoms with van der Waals surface area (Å²) < 4.78 is 6.11. The first-order chi connectivity index (χ1) is 11.3. The molecule has 1 aliphatic carbocycles. The summed E-state index contributed by atoms with van der Waals surface area (Å²) in [7, 11) is 0. The molecule has 134 valence electrons. The van der Waals surface area contributed by atoms with Crippen LogP contribution in [0.15, 0.2) is 29.3 Å². The van der Waals surface area contributed by atoms with Crippen LogP contribution in [-0.4, -0.2) is 48.6 Å². The summed E-state index contributed by atoms with van der Waals surface area (Å²) in [5.41, 5.74) is 8.90. The monoisotopic (exact) mass is 461 g/mol. The lowest BCUT2D eigenvalue weighted by molar-refractivity contribution is 0.0402. The first-order valence-corrected chi connectivity index (χ1v) is 9.82. The van der Waals surface area contributed by atoms with Crippen LogP contribution in [0.3, 0.4) is 0 Å². The molecule has 1 heterocycles. The van der Waals surface area contributed by atoms with E-state index in [2.05, 4.69) is 34.2 Å². The van der Waals surface area contributed by atoms with Crippen molar-refractivity contribution < 1.29 is 4.74 Å². The average Bonchev–Trinajstić information content (AvgIpc) is 2.62. The number of halogens is 1. The first kappa shape index (κ1) is 19.8. The van der Waals surface area contributed by atoms with E-state index in [-0.39, 0.29) is 30.1 Å². The third-order valence-electron chi connectivity index (χ3n) is 4.54. The van der Waals surface area contributed by atoms with Crippen LogP contribution >= 0.6 is 35.7 Å². The van der Waals surface area contributed by atoms with Crippen molar-refractivity contribution in [3.8, 4) is 0 Å². The van der Waals surface area contributed by atoms with Crippen LogP contribution in [0.25, 0.3) is 0 Å². The fourth-order valence-electron chi connectivity index (χ4n) is 3.26. The molecule has 0 bridgehead atoms. The molecule has 3 rings (SSSR count). The maximum atomic E-state index is 6.11. The van der Waals surface area contributed by atoms with E-state index in [0.717, 1.165) is 50.6 Å². The van der Waals surface area contributed by atoms with E-state index in [9.17, 15) is 0 Å². The Morgan fingerprint density at radius 2 is 2.08 bits per heavy atom. The zero-order valence-electron chi connectivity index (χ0n) is 14.2. The van der Waals surface area contributed by atoms with Crippen LogP contribution < -0.4 is 5.73 Å². The molecular weight excluding hydrogens is 433 g/mol. The number of guanidine groups is 1. The van der Waals surface area contributed by atoms with Crippen molar-refractivity contribution in [1.82, 2.24) is 4.90 Å². The van der Waals surface area contributed by atoms with Gasteiger partial charge in [0.1, 0.15) is 0 Å². The summed E-state index contributed by atoms with van der Waals surface area (Å²) in [5, 5.41) is 0. The minimum Gasteiger partial charge on any atom is -0.373 e. The van der Waals surface area contributed by atoms with Gasteiger partial charge in [0.15, 0.2) is 5.96 Å². The van der Waals surface area contributed by atoms with Gasteiger partial charge >= 0.3 is 0 Å². The van der Waals surface area contributed by atoms with Crippen molar-refractivity contribution in [1.29, 1.82) is 0 Å². The quantitative estimate of drug-likeness (QED) is 0.316. The molecule has 0 saturated carbocycles. The Balaban J connectivity index is 0.00000208. The van der Waals surface area contributed by atoms with Gasteiger partial charge in [-0.15, -0.1) is 24.0 Å². The number of nitrogens with two attached hydrogens (primary N) is 1. The lowest BCUT2D eigenvalue weighted by Crippen LogP contribution is -2.42. The highest BCUT2D eigenvalue weighted by Crippen LogP contribution is 2.32. The number of thioether (sulfide) groups is 1. The number of nitrogens with zero attached hydrogens (tertiary/aromatic N) is 2. The lowest BCUT2D eigenvalue weighted by atomic mass is 9.89. The maximum absolute atomic E-state index is 6.11. The number of hydrogen-bond donors (Lipinski definition) is 1. The Morgan fingerprint density at radius 3 is 2.92 bits per heavy atom. The number of rotatable bonds is 5. The molecule has 2 N–H and O–H groups in total. The molecule has 1 aromatic rings. The van der Waals surface area contributed by atoms with E-state index < -0.39 is 0 Å². The Hall–Kier alpha value is -0.470. The fraction of sp³-hybridized carbons (Fsp3) is 0.611. The fourth-order valence-corrected chi connectivity index (χ4v) is 4.16. The van der Waals surface area contributed by atoms with Crippen LogP contribution in [0.1, 0.15) is 36.5 Å². The minimum absolute atomic E-state index is 0. The molecule has 1 aliphatic heterocycles. The SMILES string of the molecule is I.NC(=NCCCOC1CCCc2ccccc21)N1CCSCC1. The largest absolute Gasteiger partial charge is 0.373 e. The molecular formula is C18H28IN3OS. The zero-order chi connectivity index (χ0) is 15.9. The summed E-state index contributed by atoms with van der Waals surface area (Å²) in [6.07, 6.45) is 4.74. The first-order valence-electron chi connectivity index (χ1n) is 8.66. The Bertz CT molecular complexity index is 535. The van der Waals surface area contributed by atoms with E-state index in [4.69, 9.17) is 10.5 Å². The molecule has 0 spiro atoms. The summed E-state index contributed by atoms with van der Waals surface area (Å²) in [6, 6.07) is 8.68. The average molecular weight is 461 g/mol. The minimum atomic E-state index is 0. The van der Waals surface area contributed by atoms with Crippen LogP contribution in [0.5, 0.6) is 0 Å². The number of benzene rings is 1. The maximum Gasteiger partial charge on any atom is 0.191 e. The molecule has 1 unspecified atom stereocenters. The van der Waals surface area contributed by atoms with E-state index >= 15 is 0 Å². The van der Waals surface area contributed by atoms with Crippen LogP contribution in [0, 0.1) is 0 Å².